The highest BCUT2D eigenvalue weighted by Gasteiger charge is 2.22. The third-order valence-corrected chi connectivity index (χ3v) is 3.89. The Morgan fingerprint density at radius 2 is 1.35 bits per heavy atom. The van der Waals surface area contributed by atoms with Gasteiger partial charge in [-0.2, -0.15) is 0 Å². The summed E-state index contributed by atoms with van der Waals surface area (Å²) >= 11 is 6.00. The molecule has 132 valence electrons. The SMILES string of the molecule is Cl.Clc1ccc(-[n+]2nc(-c3ccccc3)nn2-c2ccccc2)cc1.[Cl-]. The van der Waals surface area contributed by atoms with Crippen molar-refractivity contribution >= 4 is 24.0 Å². The molecule has 4 aromatic rings. The van der Waals surface area contributed by atoms with Gasteiger partial charge in [-0.05, 0) is 58.4 Å². The zero-order chi connectivity index (χ0) is 16.4. The maximum atomic E-state index is 6.00. The summed E-state index contributed by atoms with van der Waals surface area (Å²) in [7, 11) is 0. The van der Waals surface area contributed by atoms with Gasteiger partial charge < -0.3 is 12.4 Å². The molecule has 26 heavy (non-hydrogen) atoms. The molecule has 0 saturated heterocycles. The largest absolute Gasteiger partial charge is 1.00 e. The predicted molar refractivity (Wildman–Crippen MR) is 101 cm³/mol. The van der Waals surface area contributed by atoms with Gasteiger partial charge in [0.15, 0.2) is 5.69 Å². The van der Waals surface area contributed by atoms with Crippen molar-refractivity contribution in [3.8, 4) is 22.8 Å². The molecule has 1 aromatic heterocycles. The monoisotopic (exact) mass is 404 g/mol. The van der Waals surface area contributed by atoms with Crippen molar-refractivity contribution in [1.29, 1.82) is 0 Å². The highest BCUT2D eigenvalue weighted by Crippen LogP contribution is 2.15. The molecular formula is C19H15Cl3N4. The maximum Gasteiger partial charge on any atom is 0.340 e. The van der Waals surface area contributed by atoms with Crippen LogP contribution >= 0.6 is 24.0 Å². The van der Waals surface area contributed by atoms with Crippen molar-refractivity contribution in [2.75, 3.05) is 0 Å². The molecule has 0 aliphatic heterocycles. The van der Waals surface area contributed by atoms with E-state index in [1.807, 2.05) is 84.9 Å². The molecule has 4 nitrogen and oxygen atoms in total. The Bertz CT molecular complexity index is 955. The first kappa shape index (κ1) is 19.9. The number of halogens is 3. The average Bonchev–Trinajstić information content (AvgIpc) is 3.09. The molecule has 0 N–H and O–H groups in total. The van der Waals surface area contributed by atoms with Gasteiger partial charge in [0.1, 0.15) is 5.69 Å². The second kappa shape index (κ2) is 8.81. The van der Waals surface area contributed by atoms with E-state index in [0.717, 1.165) is 16.9 Å². The van der Waals surface area contributed by atoms with Crippen LogP contribution in [0.25, 0.3) is 22.8 Å². The second-order valence-corrected chi connectivity index (χ2v) is 5.72. The Labute approximate surface area is 168 Å². The van der Waals surface area contributed by atoms with Gasteiger partial charge in [-0.25, -0.2) is 0 Å². The standard InChI is InChI=1S/C19H14ClN4.2ClH/c20-16-11-13-18(14-12-16)24-22-19(15-7-3-1-4-8-15)21-23(24)17-9-5-2-6-10-17;;/h1-14H;2*1H/q+1;;/p-1. The molecule has 0 aliphatic carbocycles. The van der Waals surface area contributed by atoms with E-state index in [0.29, 0.717) is 10.8 Å². The van der Waals surface area contributed by atoms with Gasteiger partial charge >= 0.3 is 5.82 Å². The number of para-hydroxylation sites is 1. The molecule has 0 saturated carbocycles. The summed E-state index contributed by atoms with van der Waals surface area (Å²) in [5.74, 6) is 0.661. The van der Waals surface area contributed by atoms with Crippen molar-refractivity contribution in [2.45, 2.75) is 0 Å². The molecule has 0 unspecified atom stereocenters. The molecule has 1 heterocycles. The van der Waals surface area contributed by atoms with Gasteiger partial charge in [0.05, 0.1) is 10.7 Å². The van der Waals surface area contributed by atoms with Crippen LogP contribution in [0.3, 0.4) is 0 Å². The lowest BCUT2D eigenvalue weighted by Crippen LogP contribution is -3.00. The lowest BCUT2D eigenvalue weighted by Gasteiger charge is -1.99. The first-order valence-electron chi connectivity index (χ1n) is 7.58. The Morgan fingerprint density at radius 1 is 0.769 bits per heavy atom. The van der Waals surface area contributed by atoms with Gasteiger partial charge in [-0.3, -0.25) is 0 Å². The van der Waals surface area contributed by atoms with Crippen molar-refractivity contribution in [3.05, 3.63) is 90.0 Å². The van der Waals surface area contributed by atoms with E-state index in [2.05, 4.69) is 10.2 Å². The quantitative estimate of drug-likeness (QED) is 0.482. The van der Waals surface area contributed by atoms with Crippen LogP contribution in [0, 0.1) is 0 Å². The topological polar surface area (TPSA) is 34.6 Å². The number of hydrogen-bond donors (Lipinski definition) is 0. The number of tetrazole rings is 1. The summed E-state index contributed by atoms with van der Waals surface area (Å²) in [4.78, 5) is 3.56. The summed E-state index contributed by atoms with van der Waals surface area (Å²) in [5, 5.41) is 10.1. The minimum absolute atomic E-state index is 0. The van der Waals surface area contributed by atoms with Crippen LogP contribution in [0.1, 0.15) is 0 Å². The van der Waals surface area contributed by atoms with Gasteiger partial charge in [0.25, 0.3) is 0 Å². The fourth-order valence-corrected chi connectivity index (χ4v) is 2.58. The van der Waals surface area contributed by atoms with Crippen molar-refractivity contribution in [3.63, 3.8) is 0 Å². The van der Waals surface area contributed by atoms with Crippen molar-refractivity contribution in [2.24, 2.45) is 0 Å². The summed E-state index contributed by atoms with van der Waals surface area (Å²) < 4.78 is 0. The fraction of sp³-hybridized carbons (Fsp3) is 0. The van der Waals surface area contributed by atoms with Crippen molar-refractivity contribution < 1.29 is 17.2 Å². The molecule has 7 heteroatoms. The highest BCUT2D eigenvalue weighted by molar-refractivity contribution is 6.30. The second-order valence-electron chi connectivity index (χ2n) is 5.28. The smallest absolute Gasteiger partial charge is 0.340 e. The Morgan fingerprint density at radius 3 is 1.96 bits per heavy atom. The highest BCUT2D eigenvalue weighted by atomic mass is 35.5. The van der Waals surface area contributed by atoms with E-state index in [1.54, 1.807) is 9.59 Å². The number of hydrogen-bond acceptors (Lipinski definition) is 2. The minimum Gasteiger partial charge on any atom is -1.00 e. The summed E-state index contributed by atoms with van der Waals surface area (Å²) in [6, 6.07) is 27.4. The van der Waals surface area contributed by atoms with Gasteiger partial charge in [-0.15, -0.1) is 12.4 Å². The Hall–Kier alpha value is -2.40. The van der Waals surface area contributed by atoms with Crippen LogP contribution in [0.15, 0.2) is 84.9 Å². The Balaban J connectivity index is 0.00000121. The summed E-state index contributed by atoms with van der Waals surface area (Å²) in [6.07, 6.45) is 0. The summed E-state index contributed by atoms with van der Waals surface area (Å²) in [5.41, 5.74) is 2.79. The Kier molecular flexibility index (Phi) is 6.75. The lowest BCUT2D eigenvalue weighted by molar-refractivity contribution is -0.734. The van der Waals surface area contributed by atoms with E-state index >= 15 is 0 Å². The third kappa shape index (κ3) is 4.05. The van der Waals surface area contributed by atoms with E-state index < -0.39 is 0 Å². The van der Waals surface area contributed by atoms with Gasteiger partial charge in [-0.1, -0.05) is 48.0 Å². The van der Waals surface area contributed by atoms with Crippen LogP contribution < -0.4 is 17.2 Å². The molecule has 0 radical (unpaired) electrons. The molecule has 3 aromatic carbocycles. The zero-order valence-electron chi connectivity index (χ0n) is 13.5. The van der Waals surface area contributed by atoms with Crippen molar-refractivity contribution in [1.82, 2.24) is 15.0 Å². The van der Waals surface area contributed by atoms with E-state index in [-0.39, 0.29) is 24.8 Å². The number of benzene rings is 3. The molecule has 0 bridgehead atoms. The van der Waals surface area contributed by atoms with Crippen LogP contribution in [0.2, 0.25) is 5.02 Å². The zero-order valence-corrected chi connectivity index (χ0v) is 15.9. The molecule has 0 amide bonds. The number of nitrogens with zero attached hydrogens (tertiary/aromatic N) is 4. The summed E-state index contributed by atoms with van der Waals surface area (Å²) in [6.45, 7) is 0. The molecule has 0 atom stereocenters. The fourth-order valence-electron chi connectivity index (χ4n) is 2.46. The molecule has 4 rings (SSSR count). The number of aromatic nitrogens is 4. The van der Waals surface area contributed by atoms with Crippen LogP contribution in [0.4, 0.5) is 0 Å². The van der Waals surface area contributed by atoms with E-state index in [4.69, 9.17) is 11.6 Å². The van der Waals surface area contributed by atoms with Crippen LogP contribution in [-0.4, -0.2) is 15.0 Å². The predicted octanol–water partition coefficient (Wildman–Crippen LogP) is 1.29. The number of rotatable bonds is 3. The third-order valence-electron chi connectivity index (χ3n) is 3.64. The molecule has 0 aliphatic rings. The lowest BCUT2D eigenvalue weighted by atomic mass is 10.2. The molecular weight excluding hydrogens is 391 g/mol. The van der Waals surface area contributed by atoms with Crippen LogP contribution in [0.5, 0.6) is 0 Å². The minimum atomic E-state index is 0. The van der Waals surface area contributed by atoms with Gasteiger partial charge in [0, 0.05) is 9.82 Å². The molecule has 0 fully saturated rings. The average molecular weight is 406 g/mol. The first-order chi connectivity index (χ1) is 11.8. The van der Waals surface area contributed by atoms with E-state index in [1.165, 1.54) is 0 Å². The van der Waals surface area contributed by atoms with Gasteiger partial charge in [0.2, 0.25) is 0 Å². The maximum absolute atomic E-state index is 6.00. The normalized spacial score (nSPS) is 9.88. The first-order valence-corrected chi connectivity index (χ1v) is 7.95. The van der Waals surface area contributed by atoms with Crippen LogP contribution in [-0.2, 0) is 0 Å². The van der Waals surface area contributed by atoms with E-state index in [9.17, 15) is 0 Å². The molecule has 0 spiro atoms.